The summed E-state index contributed by atoms with van der Waals surface area (Å²) in [4.78, 5) is 12.1. The molecule has 2 nitrogen and oxygen atoms in total. The van der Waals surface area contributed by atoms with E-state index < -0.39 is 5.97 Å². The third-order valence-corrected chi connectivity index (χ3v) is 4.87. The lowest BCUT2D eigenvalue weighted by Gasteiger charge is -2.04. The van der Waals surface area contributed by atoms with Gasteiger partial charge in [0.25, 0.3) is 0 Å². The third-order valence-electron chi connectivity index (χ3n) is 3.38. The highest BCUT2D eigenvalue weighted by Crippen LogP contribution is 2.40. The highest BCUT2D eigenvalue weighted by atomic mass is 35.5. The molecule has 1 aromatic heterocycles. The van der Waals surface area contributed by atoms with Crippen LogP contribution >= 0.6 is 22.9 Å². The van der Waals surface area contributed by atoms with Crippen LogP contribution in [-0.4, -0.2) is 11.1 Å². The fourth-order valence-corrected chi connectivity index (χ4v) is 3.83. The first-order valence-corrected chi connectivity index (χ1v) is 7.83. The number of hydrogen-bond acceptors (Lipinski definition) is 2. The third kappa shape index (κ3) is 2.94. The van der Waals surface area contributed by atoms with Gasteiger partial charge in [-0.25, -0.2) is 0 Å². The predicted molar refractivity (Wildman–Crippen MR) is 88.2 cm³/mol. The van der Waals surface area contributed by atoms with E-state index >= 15 is 0 Å². The molecule has 21 heavy (non-hydrogen) atoms. The van der Waals surface area contributed by atoms with Crippen molar-refractivity contribution in [2.45, 2.75) is 12.8 Å². The molecule has 0 unspecified atom stereocenters. The normalized spacial score (nSPS) is 10.9. The Bertz CT molecular complexity index is 793. The summed E-state index contributed by atoms with van der Waals surface area (Å²) in [5.41, 5.74) is 2.20. The molecule has 0 saturated heterocycles. The Labute approximate surface area is 131 Å². The number of aliphatic carboxylic acids is 1. The first-order chi connectivity index (χ1) is 10.1. The highest BCUT2D eigenvalue weighted by Gasteiger charge is 2.15. The Morgan fingerprint density at radius 2 is 1.90 bits per heavy atom. The predicted octanol–water partition coefficient (Wildman–Crippen LogP) is 5.24. The molecule has 1 heterocycles. The first-order valence-electron chi connectivity index (χ1n) is 6.63. The molecule has 0 aliphatic heterocycles. The van der Waals surface area contributed by atoms with Crippen LogP contribution in [0.25, 0.3) is 20.5 Å². The van der Waals surface area contributed by atoms with Crippen molar-refractivity contribution in [3.05, 3.63) is 59.1 Å². The van der Waals surface area contributed by atoms with E-state index in [1.165, 1.54) is 0 Å². The van der Waals surface area contributed by atoms with E-state index in [1.807, 2.05) is 36.4 Å². The summed E-state index contributed by atoms with van der Waals surface area (Å²) in [6, 6.07) is 15.9. The van der Waals surface area contributed by atoms with Gasteiger partial charge in [-0.3, -0.25) is 4.79 Å². The van der Waals surface area contributed by atoms with Gasteiger partial charge in [-0.05, 0) is 41.1 Å². The average molecular weight is 317 g/mol. The molecule has 4 heteroatoms. The van der Waals surface area contributed by atoms with Crippen molar-refractivity contribution >= 4 is 39.0 Å². The Kier molecular flexibility index (Phi) is 3.95. The minimum Gasteiger partial charge on any atom is -0.481 e. The maximum Gasteiger partial charge on any atom is 0.303 e. The molecule has 0 atom stereocenters. The highest BCUT2D eigenvalue weighted by molar-refractivity contribution is 7.22. The van der Waals surface area contributed by atoms with Crippen LogP contribution in [0, 0.1) is 0 Å². The summed E-state index contributed by atoms with van der Waals surface area (Å²) in [5.74, 6) is -0.782. The summed E-state index contributed by atoms with van der Waals surface area (Å²) in [6.45, 7) is 0. The molecular weight excluding hydrogens is 304 g/mol. The lowest BCUT2D eigenvalue weighted by atomic mass is 10.0. The van der Waals surface area contributed by atoms with Gasteiger partial charge < -0.3 is 5.11 Å². The SMILES string of the molecule is O=C(O)CCc1c(-c2ccccc2)sc2ccc(Cl)cc12. The van der Waals surface area contributed by atoms with E-state index in [4.69, 9.17) is 16.7 Å². The number of rotatable bonds is 4. The van der Waals surface area contributed by atoms with Crippen molar-refractivity contribution in [1.29, 1.82) is 0 Å². The van der Waals surface area contributed by atoms with Crippen molar-refractivity contribution in [2.75, 3.05) is 0 Å². The number of thiophene rings is 1. The van der Waals surface area contributed by atoms with Gasteiger partial charge in [-0.15, -0.1) is 11.3 Å². The molecule has 1 N–H and O–H groups in total. The standard InChI is InChI=1S/C17H13ClO2S/c18-12-6-8-15-14(10-12)13(7-9-16(19)20)17(21-15)11-4-2-1-3-5-11/h1-6,8,10H,7,9H2,(H,19,20). The fourth-order valence-electron chi connectivity index (χ4n) is 2.42. The zero-order chi connectivity index (χ0) is 14.8. The molecule has 0 radical (unpaired) electrons. The van der Waals surface area contributed by atoms with Crippen molar-refractivity contribution in [3.63, 3.8) is 0 Å². The molecule has 0 spiro atoms. The monoisotopic (exact) mass is 316 g/mol. The van der Waals surface area contributed by atoms with Gasteiger partial charge in [-0.2, -0.15) is 0 Å². The minimum atomic E-state index is -0.782. The van der Waals surface area contributed by atoms with Gasteiger partial charge in [0.2, 0.25) is 0 Å². The van der Waals surface area contributed by atoms with E-state index in [1.54, 1.807) is 11.3 Å². The number of carbonyl (C=O) groups is 1. The molecule has 0 aliphatic rings. The number of carboxylic acids is 1. The number of carboxylic acid groups (broad SMARTS) is 1. The Hall–Kier alpha value is -1.84. The zero-order valence-corrected chi connectivity index (χ0v) is 12.7. The zero-order valence-electron chi connectivity index (χ0n) is 11.2. The minimum absolute atomic E-state index is 0.123. The molecule has 0 saturated carbocycles. The van der Waals surface area contributed by atoms with Crippen LogP contribution in [0.15, 0.2) is 48.5 Å². The Balaban J connectivity index is 2.18. The Morgan fingerprint density at radius 3 is 2.62 bits per heavy atom. The van der Waals surface area contributed by atoms with Crippen LogP contribution in [0.2, 0.25) is 5.02 Å². The first kappa shape index (κ1) is 14.1. The fraction of sp³-hybridized carbons (Fsp3) is 0.118. The lowest BCUT2D eigenvalue weighted by Crippen LogP contribution is -1.97. The van der Waals surface area contributed by atoms with Crippen LogP contribution in [0.1, 0.15) is 12.0 Å². The van der Waals surface area contributed by atoms with Gasteiger partial charge in [0, 0.05) is 21.0 Å². The summed E-state index contributed by atoms with van der Waals surface area (Å²) in [7, 11) is 0. The second-order valence-electron chi connectivity index (χ2n) is 4.81. The van der Waals surface area contributed by atoms with Gasteiger partial charge >= 0.3 is 5.97 Å². The average Bonchev–Trinajstić information content (AvgIpc) is 2.84. The molecule has 0 aliphatic carbocycles. The van der Waals surface area contributed by atoms with E-state index in [0.29, 0.717) is 11.4 Å². The molecule has 3 aromatic rings. The van der Waals surface area contributed by atoms with Crippen molar-refractivity contribution in [3.8, 4) is 10.4 Å². The number of halogens is 1. The van der Waals surface area contributed by atoms with Crippen LogP contribution < -0.4 is 0 Å². The Morgan fingerprint density at radius 1 is 1.14 bits per heavy atom. The van der Waals surface area contributed by atoms with Crippen molar-refractivity contribution in [2.24, 2.45) is 0 Å². The smallest absolute Gasteiger partial charge is 0.303 e. The van der Waals surface area contributed by atoms with Gasteiger partial charge in [0.15, 0.2) is 0 Å². The second kappa shape index (κ2) is 5.88. The second-order valence-corrected chi connectivity index (χ2v) is 6.30. The number of benzene rings is 2. The summed E-state index contributed by atoms with van der Waals surface area (Å²) in [6.07, 6.45) is 0.637. The van der Waals surface area contributed by atoms with Crippen LogP contribution in [0.4, 0.5) is 0 Å². The van der Waals surface area contributed by atoms with Crippen LogP contribution in [0.3, 0.4) is 0 Å². The van der Waals surface area contributed by atoms with Gasteiger partial charge in [0.1, 0.15) is 0 Å². The van der Waals surface area contributed by atoms with E-state index in [9.17, 15) is 4.79 Å². The summed E-state index contributed by atoms with van der Waals surface area (Å²) >= 11 is 7.78. The molecule has 2 aromatic carbocycles. The van der Waals surface area contributed by atoms with Crippen molar-refractivity contribution < 1.29 is 9.90 Å². The molecular formula is C17H13ClO2S. The van der Waals surface area contributed by atoms with Crippen LogP contribution in [-0.2, 0) is 11.2 Å². The number of hydrogen-bond donors (Lipinski definition) is 1. The maximum absolute atomic E-state index is 10.9. The number of aryl methyl sites for hydroxylation is 1. The number of fused-ring (bicyclic) bond motifs is 1. The molecule has 3 rings (SSSR count). The van der Waals surface area contributed by atoms with Crippen molar-refractivity contribution in [1.82, 2.24) is 0 Å². The molecule has 0 fully saturated rings. The summed E-state index contributed by atoms with van der Waals surface area (Å²) < 4.78 is 1.14. The largest absolute Gasteiger partial charge is 0.481 e. The van der Waals surface area contributed by atoms with E-state index in [-0.39, 0.29) is 6.42 Å². The lowest BCUT2D eigenvalue weighted by molar-refractivity contribution is -0.136. The topological polar surface area (TPSA) is 37.3 Å². The van der Waals surface area contributed by atoms with E-state index in [2.05, 4.69) is 12.1 Å². The summed E-state index contributed by atoms with van der Waals surface area (Å²) in [5, 5.41) is 10.7. The van der Waals surface area contributed by atoms with Gasteiger partial charge in [0.05, 0.1) is 0 Å². The molecule has 0 bridgehead atoms. The molecule has 0 amide bonds. The van der Waals surface area contributed by atoms with E-state index in [0.717, 1.165) is 26.1 Å². The maximum atomic E-state index is 10.9. The quantitative estimate of drug-likeness (QED) is 0.714. The molecule has 106 valence electrons. The van der Waals surface area contributed by atoms with Crippen LogP contribution in [0.5, 0.6) is 0 Å². The van der Waals surface area contributed by atoms with Gasteiger partial charge in [-0.1, -0.05) is 41.9 Å².